The van der Waals surface area contributed by atoms with Gasteiger partial charge in [0, 0.05) is 30.2 Å². The molecule has 0 spiro atoms. The number of carboxylic acid groups (broad SMARTS) is 1. The lowest BCUT2D eigenvalue weighted by molar-refractivity contribution is -0.137. The molecular formula is C12H15N3O3S. The molecule has 0 amide bonds. The number of hydrogen-bond acceptors (Lipinski definition) is 4. The van der Waals surface area contributed by atoms with Crippen molar-refractivity contribution in [2.45, 2.75) is 26.8 Å². The van der Waals surface area contributed by atoms with E-state index in [0.29, 0.717) is 0 Å². The second kappa shape index (κ2) is 5.00. The van der Waals surface area contributed by atoms with Crippen molar-refractivity contribution in [2.75, 3.05) is 0 Å². The van der Waals surface area contributed by atoms with Gasteiger partial charge >= 0.3 is 10.8 Å². The van der Waals surface area contributed by atoms with E-state index in [1.54, 1.807) is 10.1 Å². The molecule has 0 saturated carbocycles. The van der Waals surface area contributed by atoms with E-state index in [4.69, 9.17) is 5.11 Å². The lowest BCUT2D eigenvalue weighted by Crippen LogP contribution is -2.16. The smallest absolute Gasteiger partial charge is 0.307 e. The predicted molar refractivity (Wildman–Crippen MR) is 72.5 cm³/mol. The van der Waals surface area contributed by atoms with Crippen LogP contribution in [0, 0.1) is 13.8 Å². The Kier molecular flexibility index (Phi) is 3.57. The number of rotatable bonds is 4. The summed E-state index contributed by atoms with van der Waals surface area (Å²) < 4.78 is 3.27. The van der Waals surface area contributed by atoms with E-state index in [-0.39, 0.29) is 17.8 Å². The predicted octanol–water partition coefficient (Wildman–Crippen LogP) is 1.40. The highest BCUT2D eigenvalue weighted by molar-refractivity contribution is 7.07. The van der Waals surface area contributed by atoms with E-state index < -0.39 is 5.97 Å². The molecule has 2 aromatic rings. The molecule has 1 N–H and O–H groups in total. The van der Waals surface area contributed by atoms with Crippen LogP contribution in [0.5, 0.6) is 0 Å². The number of aromatic nitrogens is 3. The van der Waals surface area contributed by atoms with Crippen molar-refractivity contribution in [1.29, 1.82) is 0 Å². The Balaban J connectivity index is 2.51. The van der Waals surface area contributed by atoms with Crippen LogP contribution in [0.4, 0.5) is 0 Å². The third kappa shape index (κ3) is 2.46. The molecule has 0 aliphatic carbocycles. The van der Waals surface area contributed by atoms with Crippen molar-refractivity contribution < 1.29 is 9.90 Å². The van der Waals surface area contributed by atoms with Crippen LogP contribution in [0.25, 0.3) is 11.3 Å². The fraction of sp³-hybridized carbons (Fsp3) is 0.417. The van der Waals surface area contributed by atoms with Gasteiger partial charge in [-0.25, -0.2) is 0 Å². The molecule has 0 unspecified atom stereocenters. The molecule has 0 fully saturated rings. The van der Waals surface area contributed by atoms with Gasteiger partial charge in [0.2, 0.25) is 0 Å². The molecule has 19 heavy (non-hydrogen) atoms. The Morgan fingerprint density at radius 3 is 2.68 bits per heavy atom. The summed E-state index contributed by atoms with van der Waals surface area (Å²) in [4.78, 5) is 22.3. The van der Waals surface area contributed by atoms with Crippen molar-refractivity contribution >= 4 is 17.3 Å². The molecule has 2 heterocycles. The van der Waals surface area contributed by atoms with Gasteiger partial charge < -0.3 is 5.11 Å². The summed E-state index contributed by atoms with van der Waals surface area (Å²) >= 11 is 1.08. The minimum absolute atomic E-state index is 0.0675. The summed E-state index contributed by atoms with van der Waals surface area (Å²) in [6.45, 7) is 3.99. The van der Waals surface area contributed by atoms with E-state index in [2.05, 4.69) is 5.10 Å². The molecule has 0 aliphatic heterocycles. The van der Waals surface area contributed by atoms with Gasteiger partial charge in [-0.2, -0.15) is 5.10 Å². The Hall–Kier alpha value is -1.89. The standard InChI is InChI=1S/C12H15N3O3S/c1-7-11(8(2)14(3)13-7)9-6-19-12(18)15(9)5-4-10(16)17/h6H,4-5H2,1-3H3,(H,16,17). The Morgan fingerprint density at radius 1 is 1.47 bits per heavy atom. The van der Waals surface area contributed by atoms with Crippen LogP contribution in [0.1, 0.15) is 17.8 Å². The molecule has 0 saturated heterocycles. The van der Waals surface area contributed by atoms with Crippen LogP contribution in [0.2, 0.25) is 0 Å². The molecule has 0 atom stereocenters. The molecule has 7 heteroatoms. The van der Waals surface area contributed by atoms with Gasteiger partial charge in [0.15, 0.2) is 0 Å². The maximum atomic E-state index is 11.8. The van der Waals surface area contributed by atoms with Crippen LogP contribution in [-0.4, -0.2) is 25.4 Å². The molecule has 0 aromatic carbocycles. The fourth-order valence-corrected chi connectivity index (χ4v) is 2.86. The summed E-state index contributed by atoms with van der Waals surface area (Å²) in [5, 5.41) is 14.8. The van der Waals surface area contributed by atoms with Gasteiger partial charge in [0.1, 0.15) is 0 Å². The second-order valence-corrected chi connectivity index (χ2v) is 5.17. The molecule has 6 nitrogen and oxygen atoms in total. The monoisotopic (exact) mass is 281 g/mol. The molecule has 0 radical (unpaired) electrons. The van der Waals surface area contributed by atoms with Gasteiger partial charge in [-0.3, -0.25) is 18.8 Å². The Labute approximate surface area is 113 Å². The molecular weight excluding hydrogens is 266 g/mol. The molecule has 0 bridgehead atoms. The highest BCUT2D eigenvalue weighted by Crippen LogP contribution is 2.27. The lowest BCUT2D eigenvalue weighted by Gasteiger charge is -2.06. The van der Waals surface area contributed by atoms with Gasteiger partial charge in [-0.15, -0.1) is 0 Å². The lowest BCUT2D eigenvalue weighted by atomic mass is 10.1. The summed E-state index contributed by atoms with van der Waals surface area (Å²) in [5.74, 6) is -0.913. The van der Waals surface area contributed by atoms with Crippen molar-refractivity contribution in [3.63, 3.8) is 0 Å². The van der Waals surface area contributed by atoms with E-state index in [1.165, 1.54) is 4.57 Å². The summed E-state index contributed by atoms with van der Waals surface area (Å²) in [5.41, 5.74) is 3.45. The maximum absolute atomic E-state index is 11.8. The van der Waals surface area contributed by atoms with Crippen LogP contribution in [-0.2, 0) is 18.4 Å². The van der Waals surface area contributed by atoms with Crippen molar-refractivity contribution in [2.24, 2.45) is 7.05 Å². The summed E-state index contributed by atoms with van der Waals surface area (Å²) in [6.07, 6.45) is -0.0675. The van der Waals surface area contributed by atoms with Crippen molar-refractivity contribution in [3.05, 3.63) is 26.4 Å². The Bertz CT molecular complexity index is 681. The van der Waals surface area contributed by atoms with E-state index in [9.17, 15) is 9.59 Å². The van der Waals surface area contributed by atoms with Crippen LogP contribution in [0.3, 0.4) is 0 Å². The molecule has 2 rings (SSSR count). The number of hydrogen-bond donors (Lipinski definition) is 1. The van der Waals surface area contributed by atoms with E-state index in [0.717, 1.165) is 34.0 Å². The number of nitrogens with zero attached hydrogens (tertiary/aromatic N) is 3. The highest BCUT2D eigenvalue weighted by Gasteiger charge is 2.17. The summed E-state index contributed by atoms with van der Waals surface area (Å²) in [7, 11) is 1.85. The first-order valence-corrected chi connectivity index (χ1v) is 6.70. The van der Waals surface area contributed by atoms with Crippen molar-refractivity contribution in [3.8, 4) is 11.3 Å². The normalized spacial score (nSPS) is 10.9. The zero-order valence-corrected chi connectivity index (χ0v) is 11.8. The van der Waals surface area contributed by atoms with E-state index in [1.807, 2.05) is 20.9 Å². The highest BCUT2D eigenvalue weighted by atomic mass is 32.1. The number of aliphatic carboxylic acids is 1. The molecule has 102 valence electrons. The first kappa shape index (κ1) is 13.5. The zero-order valence-electron chi connectivity index (χ0n) is 11.0. The largest absolute Gasteiger partial charge is 0.481 e. The molecule has 0 aliphatic rings. The minimum Gasteiger partial charge on any atom is -0.481 e. The minimum atomic E-state index is -0.913. The Morgan fingerprint density at radius 2 is 2.16 bits per heavy atom. The van der Waals surface area contributed by atoms with Gasteiger partial charge in [-0.05, 0) is 13.8 Å². The number of carboxylic acids is 1. The quantitative estimate of drug-likeness (QED) is 0.919. The van der Waals surface area contributed by atoms with Crippen molar-refractivity contribution in [1.82, 2.24) is 14.3 Å². The number of carbonyl (C=O) groups is 1. The third-order valence-electron chi connectivity index (χ3n) is 3.10. The van der Waals surface area contributed by atoms with Gasteiger partial charge in [-0.1, -0.05) is 11.3 Å². The van der Waals surface area contributed by atoms with Crippen LogP contribution >= 0.6 is 11.3 Å². The average molecular weight is 281 g/mol. The fourth-order valence-electron chi connectivity index (χ4n) is 2.09. The summed E-state index contributed by atoms with van der Waals surface area (Å²) in [6, 6.07) is 0. The van der Waals surface area contributed by atoms with Crippen LogP contribution < -0.4 is 4.87 Å². The first-order valence-electron chi connectivity index (χ1n) is 5.82. The second-order valence-electron chi connectivity index (χ2n) is 4.35. The average Bonchev–Trinajstić information content (AvgIpc) is 2.78. The van der Waals surface area contributed by atoms with Gasteiger partial charge in [0.05, 0.1) is 17.8 Å². The van der Waals surface area contributed by atoms with Gasteiger partial charge in [0.25, 0.3) is 0 Å². The maximum Gasteiger partial charge on any atom is 0.307 e. The SMILES string of the molecule is Cc1nn(C)c(C)c1-c1csc(=O)n1CCC(=O)O. The zero-order chi connectivity index (χ0) is 14.2. The number of aryl methyl sites for hydroxylation is 2. The van der Waals surface area contributed by atoms with E-state index >= 15 is 0 Å². The first-order chi connectivity index (χ1) is 8.91. The number of thiazole rings is 1. The molecule has 2 aromatic heterocycles. The van der Waals surface area contributed by atoms with Crippen LogP contribution in [0.15, 0.2) is 10.2 Å². The third-order valence-corrected chi connectivity index (χ3v) is 3.86. The topological polar surface area (TPSA) is 77.1 Å².